The normalized spacial score (nSPS) is 17.6. The molecule has 1 aromatic heterocycles. The van der Waals surface area contributed by atoms with Crippen LogP contribution in [0.25, 0.3) is 5.69 Å². The Kier molecular flexibility index (Phi) is 4.36. The zero-order valence-electron chi connectivity index (χ0n) is 12.7. The van der Waals surface area contributed by atoms with Gasteiger partial charge in [-0.25, -0.2) is 4.68 Å². The zero-order chi connectivity index (χ0) is 14.7. The van der Waals surface area contributed by atoms with E-state index < -0.39 is 0 Å². The van der Waals surface area contributed by atoms with Gasteiger partial charge in [-0.2, -0.15) is 5.10 Å². The molecule has 4 nitrogen and oxygen atoms in total. The molecule has 1 aliphatic carbocycles. The summed E-state index contributed by atoms with van der Waals surface area (Å²) < 4.78 is 8.04. The van der Waals surface area contributed by atoms with Crippen LogP contribution in [0, 0.1) is 5.92 Å². The molecular formula is C17H23N3O. The first-order chi connectivity index (χ1) is 10.3. The average Bonchev–Trinajstić information content (AvgIpc) is 3.26. The number of nitrogens with one attached hydrogen (secondary N) is 1. The minimum Gasteiger partial charge on any atom is -0.376 e. The summed E-state index contributed by atoms with van der Waals surface area (Å²) in [6.45, 7) is 2.81. The van der Waals surface area contributed by atoms with Gasteiger partial charge in [-0.15, -0.1) is 0 Å². The van der Waals surface area contributed by atoms with E-state index in [-0.39, 0.29) is 12.1 Å². The lowest BCUT2D eigenvalue weighted by Crippen LogP contribution is -2.35. The van der Waals surface area contributed by atoms with Gasteiger partial charge < -0.3 is 10.1 Å². The fourth-order valence-electron chi connectivity index (χ4n) is 2.94. The highest BCUT2D eigenvalue weighted by Crippen LogP contribution is 2.40. The van der Waals surface area contributed by atoms with Crippen molar-refractivity contribution in [2.24, 2.45) is 5.92 Å². The molecule has 1 aromatic carbocycles. The van der Waals surface area contributed by atoms with E-state index in [0.29, 0.717) is 5.92 Å². The van der Waals surface area contributed by atoms with Gasteiger partial charge in [0.05, 0.1) is 23.5 Å². The summed E-state index contributed by atoms with van der Waals surface area (Å²) in [6.07, 6.45) is 4.62. The molecule has 0 radical (unpaired) electrons. The van der Waals surface area contributed by atoms with Crippen LogP contribution < -0.4 is 5.32 Å². The smallest absolute Gasteiger partial charge is 0.0812 e. The van der Waals surface area contributed by atoms with Crippen molar-refractivity contribution in [2.75, 3.05) is 13.7 Å². The van der Waals surface area contributed by atoms with Crippen LogP contribution in [-0.4, -0.2) is 29.5 Å². The Morgan fingerprint density at radius 2 is 2.05 bits per heavy atom. The highest BCUT2D eigenvalue weighted by atomic mass is 16.5. The predicted molar refractivity (Wildman–Crippen MR) is 83.5 cm³/mol. The van der Waals surface area contributed by atoms with Crippen LogP contribution in [0.3, 0.4) is 0 Å². The molecule has 0 amide bonds. The molecule has 1 fully saturated rings. The van der Waals surface area contributed by atoms with Crippen LogP contribution in [0.5, 0.6) is 0 Å². The van der Waals surface area contributed by atoms with Crippen LogP contribution >= 0.6 is 0 Å². The quantitative estimate of drug-likeness (QED) is 0.850. The number of rotatable bonds is 7. The number of hydrogen-bond acceptors (Lipinski definition) is 3. The van der Waals surface area contributed by atoms with Gasteiger partial charge in [-0.1, -0.05) is 18.2 Å². The molecule has 1 aliphatic rings. The first-order valence-corrected chi connectivity index (χ1v) is 7.73. The fraction of sp³-hybridized carbons (Fsp3) is 0.471. The van der Waals surface area contributed by atoms with Gasteiger partial charge in [-0.05, 0) is 50.9 Å². The molecule has 3 rings (SSSR count). The first-order valence-electron chi connectivity index (χ1n) is 7.73. The lowest BCUT2D eigenvalue weighted by atomic mass is 10.0. The minimum absolute atomic E-state index is 0.167. The molecule has 112 valence electrons. The third kappa shape index (κ3) is 3.01. The van der Waals surface area contributed by atoms with Crippen LogP contribution in [-0.2, 0) is 4.74 Å². The third-order valence-corrected chi connectivity index (χ3v) is 4.08. The summed E-state index contributed by atoms with van der Waals surface area (Å²) in [5.41, 5.74) is 2.25. The molecule has 1 N–H and O–H groups in total. The van der Waals surface area contributed by atoms with E-state index in [2.05, 4.69) is 35.5 Å². The molecule has 1 saturated carbocycles. The van der Waals surface area contributed by atoms with E-state index >= 15 is 0 Å². The van der Waals surface area contributed by atoms with Crippen LogP contribution in [0.15, 0.2) is 42.6 Å². The van der Waals surface area contributed by atoms with E-state index in [1.165, 1.54) is 12.8 Å². The van der Waals surface area contributed by atoms with Crippen molar-refractivity contribution >= 4 is 0 Å². The number of aromatic nitrogens is 2. The Morgan fingerprint density at radius 1 is 1.29 bits per heavy atom. The summed E-state index contributed by atoms with van der Waals surface area (Å²) in [5, 5.41) is 7.93. The van der Waals surface area contributed by atoms with Gasteiger partial charge in [-0.3, -0.25) is 0 Å². The van der Waals surface area contributed by atoms with E-state index in [1.54, 1.807) is 0 Å². The third-order valence-electron chi connectivity index (χ3n) is 4.08. The van der Waals surface area contributed by atoms with Gasteiger partial charge in [0.25, 0.3) is 0 Å². The Balaban J connectivity index is 1.92. The Morgan fingerprint density at radius 3 is 2.67 bits per heavy atom. The predicted octanol–water partition coefficient (Wildman–Crippen LogP) is 2.95. The van der Waals surface area contributed by atoms with Gasteiger partial charge >= 0.3 is 0 Å². The SMILES string of the molecule is CCOC(C1CC1)C(NC)c1ccnn1-c1ccccc1. The van der Waals surface area contributed by atoms with Crippen molar-refractivity contribution in [2.45, 2.75) is 31.9 Å². The highest BCUT2D eigenvalue weighted by Gasteiger charge is 2.38. The van der Waals surface area contributed by atoms with Crippen molar-refractivity contribution in [3.8, 4) is 5.69 Å². The van der Waals surface area contributed by atoms with Crippen LogP contribution in [0.2, 0.25) is 0 Å². The van der Waals surface area contributed by atoms with Gasteiger partial charge in [0.15, 0.2) is 0 Å². The van der Waals surface area contributed by atoms with E-state index in [4.69, 9.17) is 4.74 Å². The maximum Gasteiger partial charge on any atom is 0.0812 e. The Hall–Kier alpha value is -1.65. The number of hydrogen-bond donors (Lipinski definition) is 1. The number of nitrogens with zero attached hydrogens (tertiary/aromatic N) is 2. The van der Waals surface area contributed by atoms with Crippen molar-refractivity contribution in [3.63, 3.8) is 0 Å². The summed E-state index contributed by atoms with van der Waals surface area (Å²) in [6, 6.07) is 12.5. The van der Waals surface area contributed by atoms with Crippen LogP contribution in [0.4, 0.5) is 0 Å². The number of ether oxygens (including phenoxy) is 1. The Bertz CT molecular complexity index is 562. The molecule has 0 spiro atoms. The largest absolute Gasteiger partial charge is 0.376 e. The molecule has 4 heteroatoms. The van der Waals surface area contributed by atoms with Crippen molar-refractivity contribution < 1.29 is 4.74 Å². The Labute approximate surface area is 126 Å². The molecular weight excluding hydrogens is 262 g/mol. The van der Waals surface area contributed by atoms with Crippen LogP contribution in [0.1, 0.15) is 31.5 Å². The number of likely N-dealkylation sites (N-methyl/N-ethyl adjacent to an activating group) is 1. The molecule has 0 bridgehead atoms. The summed E-state index contributed by atoms with van der Waals surface area (Å²) >= 11 is 0. The molecule has 2 aromatic rings. The second-order valence-corrected chi connectivity index (χ2v) is 5.53. The monoisotopic (exact) mass is 285 g/mol. The second kappa shape index (κ2) is 6.41. The summed E-state index contributed by atoms with van der Waals surface area (Å²) in [4.78, 5) is 0. The number of benzene rings is 1. The van der Waals surface area contributed by atoms with Crippen molar-refractivity contribution in [3.05, 3.63) is 48.3 Å². The standard InChI is InChI=1S/C17H23N3O/c1-3-21-17(13-9-10-13)16(18-2)15-11-12-19-20(15)14-7-5-4-6-8-14/h4-8,11-13,16-18H,3,9-10H2,1-2H3. The first kappa shape index (κ1) is 14.3. The van der Waals surface area contributed by atoms with Crippen molar-refractivity contribution in [1.82, 2.24) is 15.1 Å². The molecule has 2 atom stereocenters. The minimum atomic E-state index is 0.167. The van der Waals surface area contributed by atoms with E-state index in [9.17, 15) is 0 Å². The molecule has 2 unspecified atom stereocenters. The molecule has 0 saturated heterocycles. The maximum atomic E-state index is 6.03. The molecule has 21 heavy (non-hydrogen) atoms. The average molecular weight is 285 g/mol. The molecule has 1 heterocycles. The summed E-state index contributed by atoms with van der Waals surface area (Å²) in [5.74, 6) is 0.668. The topological polar surface area (TPSA) is 39.1 Å². The molecule has 0 aliphatic heterocycles. The second-order valence-electron chi connectivity index (χ2n) is 5.53. The van der Waals surface area contributed by atoms with E-state index in [0.717, 1.165) is 18.0 Å². The lowest BCUT2D eigenvalue weighted by molar-refractivity contribution is 0.0189. The van der Waals surface area contributed by atoms with Gasteiger partial charge in [0.2, 0.25) is 0 Å². The van der Waals surface area contributed by atoms with E-state index in [1.807, 2.05) is 36.1 Å². The maximum absolute atomic E-state index is 6.03. The fourth-order valence-corrected chi connectivity index (χ4v) is 2.94. The zero-order valence-corrected chi connectivity index (χ0v) is 12.7. The van der Waals surface area contributed by atoms with Gasteiger partial charge in [0, 0.05) is 12.8 Å². The van der Waals surface area contributed by atoms with Crippen molar-refractivity contribution in [1.29, 1.82) is 0 Å². The lowest BCUT2D eigenvalue weighted by Gasteiger charge is -2.27. The summed E-state index contributed by atoms with van der Waals surface area (Å²) in [7, 11) is 2.00. The number of para-hydroxylation sites is 1. The highest BCUT2D eigenvalue weighted by molar-refractivity contribution is 5.33. The van der Waals surface area contributed by atoms with Gasteiger partial charge in [0.1, 0.15) is 0 Å².